The fraction of sp³-hybridized carbons (Fsp3) is 0.600. The number of likely N-dealkylation sites (N-methyl/N-ethyl adjacent to an activating group) is 1. The molecule has 30 heavy (non-hydrogen) atoms. The predicted octanol–water partition coefficient (Wildman–Crippen LogP) is 0.288. The first-order valence-corrected chi connectivity index (χ1v) is 9.39. The fourth-order valence-corrected chi connectivity index (χ4v) is 1.91. The molecule has 0 rings (SSSR count). The van der Waals surface area contributed by atoms with Gasteiger partial charge in [0.05, 0.1) is 19.3 Å². The Morgan fingerprint density at radius 2 is 1.20 bits per heavy atom. The van der Waals surface area contributed by atoms with Gasteiger partial charge < -0.3 is 29.4 Å². The molecule has 0 aromatic rings. The van der Waals surface area contributed by atoms with Gasteiger partial charge in [-0.05, 0) is 33.7 Å². The highest BCUT2D eigenvalue weighted by atomic mass is 16.6. The molecule has 0 aliphatic heterocycles. The van der Waals surface area contributed by atoms with E-state index in [-0.39, 0.29) is 44.2 Å². The van der Waals surface area contributed by atoms with Crippen LogP contribution in [-0.4, -0.2) is 75.1 Å². The minimum Gasteiger partial charge on any atom is -0.462 e. The molecule has 10 heteroatoms. The largest absolute Gasteiger partial charge is 0.462 e. The summed E-state index contributed by atoms with van der Waals surface area (Å²) in [5, 5.41) is 11.7. The standard InChI is InChI=1S/C20H31NO9/c1-13(2)17(23)27-9-15(7-6-8-22)10-28-19(25)20(26)30-12-16(21-5)11-29-18(24)14(3)4/h15-16,21-22H,1,3,6-12H2,2,4-5H3. The lowest BCUT2D eigenvalue weighted by molar-refractivity contribution is -0.169. The van der Waals surface area contributed by atoms with Gasteiger partial charge in [0.25, 0.3) is 0 Å². The normalized spacial score (nSPS) is 12.3. The van der Waals surface area contributed by atoms with Crippen LogP contribution in [0.5, 0.6) is 0 Å². The zero-order chi connectivity index (χ0) is 23.1. The molecule has 0 aromatic carbocycles. The van der Waals surface area contributed by atoms with Crippen molar-refractivity contribution in [2.24, 2.45) is 5.92 Å². The van der Waals surface area contributed by atoms with Crippen molar-refractivity contribution in [1.29, 1.82) is 0 Å². The van der Waals surface area contributed by atoms with Gasteiger partial charge in [0.2, 0.25) is 0 Å². The maximum Gasteiger partial charge on any atom is 0.417 e. The van der Waals surface area contributed by atoms with Gasteiger partial charge in [-0.1, -0.05) is 13.2 Å². The molecule has 10 nitrogen and oxygen atoms in total. The van der Waals surface area contributed by atoms with Crippen molar-refractivity contribution in [3.8, 4) is 0 Å². The van der Waals surface area contributed by atoms with Crippen molar-refractivity contribution < 1.29 is 43.2 Å². The molecular weight excluding hydrogens is 398 g/mol. The quantitative estimate of drug-likeness (QED) is 0.171. The molecule has 2 N–H and O–H groups in total. The zero-order valence-corrected chi connectivity index (χ0v) is 17.7. The van der Waals surface area contributed by atoms with E-state index in [2.05, 4.69) is 18.5 Å². The van der Waals surface area contributed by atoms with E-state index in [1.54, 1.807) is 7.05 Å². The van der Waals surface area contributed by atoms with Crippen molar-refractivity contribution in [3.05, 3.63) is 24.3 Å². The van der Waals surface area contributed by atoms with E-state index in [1.807, 2.05) is 0 Å². The van der Waals surface area contributed by atoms with Gasteiger partial charge in [-0.2, -0.15) is 0 Å². The molecule has 0 fully saturated rings. The summed E-state index contributed by atoms with van der Waals surface area (Å²) in [6, 6.07) is -0.524. The van der Waals surface area contributed by atoms with Crippen LogP contribution in [-0.2, 0) is 38.1 Å². The summed E-state index contributed by atoms with van der Waals surface area (Å²) in [6.45, 7) is 9.29. The number of esters is 4. The summed E-state index contributed by atoms with van der Waals surface area (Å²) < 4.78 is 19.8. The van der Waals surface area contributed by atoms with Gasteiger partial charge in [0.1, 0.15) is 13.2 Å². The molecule has 0 aromatic heterocycles. The highest BCUT2D eigenvalue weighted by Gasteiger charge is 2.22. The first kappa shape index (κ1) is 27.3. The Balaban J connectivity index is 4.46. The van der Waals surface area contributed by atoms with Crippen LogP contribution in [0.2, 0.25) is 0 Å². The Kier molecular flexibility index (Phi) is 13.8. The van der Waals surface area contributed by atoms with Crippen LogP contribution in [0.25, 0.3) is 0 Å². The number of nitrogens with one attached hydrogen (secondary N) is 1. The summed E-state index contributed by atoms with van der Waals surface area (Å²) in [5.41, 5.74) is 0.458. The van der Waals surface area contributed by atoms with Crippen LogP contribution in [0.4, 0.5) is 0 Å². The maximum absolute atomic E-state index is 11.8. The van der Waals surface area contributed by atoms with Crippen LogP contribution in [0.1, 0.15) is 26.7 Å². The highest BCUT2D eigenvalue weighted by Crippen LogP contribution is 2.09. The minimum absolute atomic E-state index is 0.0516. The number of ether oxygens (including phenoxy) is 4. The molecule has 170 valence electrons. The summed E-state index contributed by atoms with van der Waals surface area (Å²) in [6.07, 6.45) is 0.822. The Hall–Kier alpha value is -2.72. The number of hydrogen-bond donors (Lipinski definition) is 2. The SMILES string of the molecule is C=C(C)C(=O)OCC(CCCO)COC(=O)C(=O)OCC(COC(=O)C(=C)C)NC. The number of rotatable bonds is 14. The lowest BCUT2D eigenvalue weighted by Gasteiger charge is -2.18. The molecule has 0 radical (unpaired) electrons. The van der Waals surface area contributed by atoms with Crippen molar-refractivity contribution in [1.82, 2.24) is 5.32 Å². The molecule has 0 aliphatic rings. The monoisotopic (exact) mass is 429 g/mol. The van der Waals surface area contributed by atoms with Gasteiger partial charge in [0, 0.05) is 23.7 Å². The van der Waals surface area contributed by atoms with E-state index in [1.165, 1.54) is 13.8 Å². The molecule has 0 spiro atoms. The third kappa shape index (κ3) is 12.0. The first-order valence-electron chi connectivity index (χ1n) is 9.39. The summed E-state index contributed by atoms with van der Waals surface area (Å²) in [5.74, 6) is -3.98. The summed E-state index contributed by atoms with van der Waals surface area (Å²) in [7, 11) is 1.57. The molecule has 0 amide bonds. The summed E-state index contributed by atoms with van der Waals surface area (Å²) >= 11 is 0. The molecule has 2 unspecified atom stereocenters. The maximum atomic E-state index is 11.8. The molecule has 2 atom stereocenters. The minimum atomic E-state index is -1.21. The molecule has 0 saturated carbocycles. The van der Waals surface area contributed by atoms with E-state index in [0.717, 1.165) is 0 Å². The Morgan fingerprint density at radius 3 is 1.60 bits per heavy atom. The Morgan fingerprint density at radius 1 is 0.800 bits per heavy atom. The number of hydrogen-bond acceptors (Lipinski definition) is 10. The second kappa shape index (κ2) is 15.2. The van der Waals surface area contributed by atoms with Gasteiger partial charge in [-0.25, -0.2) is 19.2 Å². The van der Waals surface area contributed by atoms with E-state index in [4.69, 9.17) is 24.1 Å². The van der Waals surface area contributed by atoms with E-state index in [9.17, 15) is 19.2 Å². The average Bonchev–Trinajstić information content (AvgIpc) is 2.71. The lowest BCUT2D eigenvalue weighted by Crippen LogP contribution is -2.38. The lowest BCUT2D eigenvalue weighted by atomic mass is 10.1. The highest BCUT2D eigenvalue weighted by molar-refractivity contribution is 6.29. The van der Waals surface area contributed by atoms with Crippen LogP contribution in [0.15, 0.2) is 24.3 Å². The van der Waals surface area contributed by atoms with Gasteiger partial charge in [-0.15, -0.1) is 0 Å². The number of aliphatic hydroxyl groups excluding tert-OH is 1. The van der Waals surface area contributed by atoms with Crippen LogP contribution < -0.4 is 5.32 Å². The zero-order valence-electron chi connectivity index (χ0n) is 17.7. The van der Waals surface area contributed by atoms with E-state index < -0.39 is 35.8 Å². The predicted molar refractivity (Wildman–Crippen MR) is 106 cm³/mol. The van der Waals surface area contributed by atoms with Crippen molar-refractivity contribution in [3.63, 3.8) is 0 Å². The smallest absolute Gasteiger partial charge is 0.417 e. The Labute approximate surface area is 176 Å². The van der Waals surface area contributed by atoms with Crippen molar-refractivity contribution in [2.75, 3.05) is 40.1 Å². The Bertz CT molecular complexity index is 630. The topological polar surface area (TPSA) is 137 Å². The average molecular weight is 429 g/mol. The van der Waals surface area contributed by atoms with Gasteiger partial charge in [-0.3, -0.25) is 0 Å². The molecular formula is C20H31NO9. The molecule has 0 bridgehead atoms. The number of aliphatic hydroxyl groups is 1. The first-order chi connectivity index (χ1) is 14.1. The van der Waals surface area contributed by atoms with Crippen LogP contribution in [0.3, 0.4) is 0 Å². The molecule has 0 aliphatic carbocycles. The second-order valence-electron chi connectivity index (χ2n) is 6.67. The van der Waals surface area contributed by atoms with Crippen molar-refractivity contribution in [2.45, 2.75) is 32.7 Å². The fourth-order valence-electron chi connectivity index (χ4n) is 1.91. The number of carbonyl (C=O) groups is 4. The number of carbonyl (C=O) groups excluding carboxylic acids is 4. The van der Waals surface area contributed by atoms with E-state index in [0.29, 0.717) is 12.8 Å². The van der Waals surface area contributed by atoms with Crippen LogP contribution in [0, 0.1) is 5.92 Å². The summed E-state index contributed by atoms with van der Waals surface area (Å²) in [4.78, 5) is 46.5. The second-order valence-corrected chi connectivity index (χ2v) is 6.67. The van der Waals surface area contributed by atoms with Crippen LogP contribution >= 0.6 is 0 Å². The molecule has 0 saturated heterocycles. The molecule has 0 heterocycles. The van der Waals surface area contributed by atoms with Crippen molar-refractivity contribution >= 4 is 23.9 Å². The van der Waals surface area contributed by atoms with E-state index >= 15 is 0 Å². The van der Waals surface area contributed by atoms with Gasteiger partial charge in [0.15, 0.2) is 0 Å². The third-order valence-electron chi connectivity index (χ3n) is 3.77. The van der Waals surface area contributed by atoms with Gasteiger partial charge >= 0.3 is 23.9 Å². The third-order valence-corrected chi connectivity index (χ3v) is 3.77.